The number of methoxy groups -OCH3 is 1. The Morgan fingerprint density at radius 3 is 2.35 bits per heavy atom. The largest absolute Gasteiger partial charge is 0.490 e. The average molecular weight is 637 g/mol. The molecule has 94 valence electrons. The fraction of sp³-hybridized carbons (Fsp3) is 0.300. The van der Waals surface area contributed by atoms with E-state index in [0.29, 0.717) is 0 Å². The predicted octanol–water partition coefficient (Wildman–Crippen LogP) is 3.82. The van der Waals surface area contributed by atoms with Gasteiger partial charge in [0.15, 0.2) is 0 Å². The first-order chi connectivity index (χ1) is 7.95. The van der Waals surface area contributed by atoms with E-state index in [4.69, 9.17) is 4.74 Å². The number of benzene rings is 1. The van der Waals surface area contributed by atoms with Crippen LogP contribution in [0.5, 0.6) is 5.75 Å². The van der Waals surface area contributed by atoms with E-state index < -0.39 is 4.83 Å². The number of ether oxygens (including phenoxy) is 2. The van der Waals surface area contributed by atoms with Crippen molar-refractivity contribution in [2.45, 2.75) is 4.83 Å². The molecule has 0 bridgehead atoms. The normalized spacial score (nSPS) is 12.1. The van der Waals surface area contributed by atoms with E-state index in [-0.39, 0.29) is 12.6 Å². The van der Waals surface area contributed by atoms with Crippen molar-refractivity contribution in [3.63, 3.8) is 0 Å². The molecule has 1 unspecified atom stereocenters. The Balaban J connectivity index is 2.73. The summed E-state index contributed by atoms with van der Waals surface area (Å²) < 4.78 is 13.5. The topological polar surface area (TPSA) is 35.5 Å². The van der Waals surface area contributed by atoms with Crippen LogP contribution in [0.1, 0.15) is 0 Å². The van der Waals surface area contributed by atoms with E-state index in [0.717, 1.165) is 16.5 Å². The molecular formula is C10H8BrI3O3. The summed E-state index contributed by atoms with van der Waals surface area (Å²) in [5.41, 5.74) is 0. The summed E-state index contributed by atoms with van der Waals surface area (Å²) >= 11 is 9.91. The number of halogens is 4. The fourth-order valence-electron chi connectivity index (χ4n) is 1.02. The van der Waals surface area contributed by atoms with Gasteiger partial charge in [0.25, 0.3) is 0 Å². The Bertz CT molecular complexity index is 402. The third-order valence-corrected chi connectivity index (χ3v) is 4.66. The molecule has 0 N–H and O–H groups in total. The van der Waals surface area contributed by atoms with Crippen molar-refractivity contribution >= 4 is 89.7 Å². The molecular weight excluding hydrogens is 629 g/mol. The van der Waals surface area contributed by atoms with Gasteiger partial charge in [-0.05, 0) is 79.9 Å². The summed E-state index contributed by atoms with van der Waals surface area (Å²) in [5.74, 6) is 0.473. The first-order valence-electron chi connectivity index (χ1n) is 4.45. The average Bonchev–Trinajstić information content (AvgIpc) is 2.26. The number of rotatable bonds is 4. The van der Waals surface area contributed by atoms with Crippen LogP contribution in [0.4, 0.5) is 0 Å². The van der Waals surface area contributed by atoms with Gasteiger partial charge in [0.2, 0.25) is 0 Å². The van der Waals surface area contributed by atoms with Crippen LogP contribution in [-0.2, 0) is 9.53 Å². The Morgan fingerprint density at radius 2 is 1.88 bits per heavy atom. The highest BCUT2D eigenvalue weighted by Crippen LogP contribution is 2.29. The van der Waals surface area contributed by atoms with Gasteiger partial charge >= 0.3 is 5.97 Å². The van der Waals surface area contributed by atoms with Crippen molar-refractivity contribution in [2.24, 2.45) is 0 Å². The molecule has 0 aliphatic carbocycles. The standard InChI is InChI=1S/C10H8BrI3O3/c1-16-10(15)6(11)4-17-9-7(13)2-5(12)3-8(9)14/h2-3,6H,4H2,1H3. The van der Waals surface area contributed by atoms with E-state index in [1.807, 2.05) is 12.1 Å². The van der Waals surface area contributed by atoms with Gasteiger partial charge < -0.3 is 9.47 Å². The minimum atomic E-state index is -0.446. The summed E-state index contributed by atoms with van der Waals surface area (Å²) in [7, 11) is 1.36. The molecule has 1 atom stereocenters. The van der Waals surface area contributed by atoms with Crippen molar-refractivity contribution in [3.8, 4) is 5.75 Å². The van der Waals surface area contributed by atoms with E-state index >= 15 is 0 Å². The lowest BCUT2D eigenvalue weighted by atomic mass is 10.3. The van der Waals surface area contributed by atoms with Crippen LogP contribution in [0.3, 0.4) is 0 Å². The first-order valence-corrected chi connectivity index (χ1v) is 8.60. The van der Waals surface area contributed by atoms with Crippen LogP contribution in [0, 0.1) is 10.7 Å². The van der Waals surface area contributed by atoms with Crippen LogP contribution in [-0.4, -0.2) is 24.5 Å². The van der Waals surface area contributed by atoms with Crippen LogP contribution in [0.15, 0.2) is 12.1 Å². The number of esters is 1. The molecule has 0 amide bonds. The maximum atomic E-state index is 11.2. The summed E-state index contributed by atoms with van der Waals surface area (Å²) in [6.45, 7) is 0.249. The zero-order valence-electron chi connectivity index (χ0n) is 8.68. The smallest absolute Gasteiger partial charge is 0.322 e. The molecule has 0 fully saturated rings. The molecule has 0 aliphatic heterocycles. The summed E-state index contributed by atoms with van der Waals surface area (Å²) in [6, 6.07) is 4.06. The van der Waals surface area contributed by atoms with Gasteiger partial charge in [-0.3, -0.25) is 4.79 Å². The summed E-state index contributed by atoms with van der Waals surface area (Å²) in [4.78, 5) is 10.8. The minimum absolute atomic E-state index is 0.249. The Morgan fingerprint density at radius 1 is 1.35 bits per heavy atom. The Kier molecular flexibility index (Phi) is 7.32. The SMILES string of the molecule is COC(=O)C(Br)COc1c(I)cc(I)cc1I. The van der Waals surface area contributed by atoms with E-state index in [1.165, 1.54) is 7.11 Å². The van der Waals surface area contributed by atoms with Crippen LogP contribution >= 0.6 is 83.7 Å². The molecule has 0 aliphatic rings. The molecule has 1 aromatic rings. The lowest BCUT2D eigenvalue weighted by molar-refractivity contribution is -0.140. The molecule has 0 radical (unpaired) electrons. The summed E-state index contributed by atoms with van der Waals surface area (Å²) in [6.07, 6.45) is 0. The Labute approximate surface area is 149 Å². The molecule has 7 heteroatoms. The first kappa shape index (κ1) is 16.2. The number of alkyl halides is 1. The number of carbonyl (C=O) groups is 1. The quantitative estimate of drug-likeness (QED) is 0.287. The molecule has 0 saturated heterocycles. The highest BCUT2D eigenvalue weighted by atomic mass is 127. The maximum absolute atomic E-state index is 11.2. The zero-order valence-corrected chi connectivity index (χ0v) is 16.7. The molecule has 0 heterocycles. The predicted molar refractivity (Wildman–Crippen MR) is 94.8 cm³/mol. The van der Waals surface area contributed by atoms with E-state index in [1.54, 1.807) is 0 Å². The highest BCUT2D eigenvalue weighted by molar-refractivity contribution is 14.1. The fourth-order valence-corrected chi connectivity index (χ4v) is 5.23. The third-order valence-electron chi connectivity index (χ3n) is 1.79. The van der Waals surface area contributed by atoms with Gasteiger partial charge in [-0.1, -0.05) is 15.9 Å². The molecule has 1 rings (SSSR count). The number of carbonyl (C=O) groups excluding carboxylic acids is 1. The van der Waals surface area contributed by atoms with Crippen molar-refractivity contribution in [2.75, 3.05) is 13.7 Å². The van der Waals surface area contributed by atoms with Gasteiger partial charge in [-0.25, -0.2) is 0 Å². The second-order valence-corrected chi connectivity index (χ2v) is 7.68. The summed E-state index contributed by atoms with van der Waals surface area (Å²) in [5, 5.41) is 0. The van der Waals surface area contributed by atoms with Crippen molar-refractivity contribution in [1.29, 1.82) is 0 Å². The van der Waals surface area contributed by atoms with Crippen LogP contribution < -0.4 is 4.74 Å². The lowest BCUT2D eigenvalue weighted by Gasteiger charge is -2.13. The van der Waals surface area contributed by atoms with Gasteiger partial charge in [0.05, 0.1) is 14.3 Å². The van der Waals surface area contributed by atoms with Gasteiger partial charge in [0, 0.05) is 3.57 Å². The monoisotopic (exact) mass is 636 g/mol. The molecule has 1 aromatic carbocycles. The van der Waals surface area contributed by atoms with Gasteiger partial charge in [-0.2, -0.15) is 0 Å². The van der Waals surface area contributed by atoms with E-state index in [2.05, 4.69) is 88.4 Å². The molecule has 3 nitrogen and oxygen atoms in total. The van der Waals surface area contributed by atoms with Crippen LogP contribution in [0.2, 0.25) is 0 Å². The van der Waals surface area contributed by atoms with Crippen molar-refractivity contribution in [1.82, 2.24) is 0 Å². The van der Waals surface area contributed by atoms with Crippen molar-refractivity contribution < 1.29 is 14.3 Å². The number of hydrogen-bond acceptors (Lipinski definition) is 3. The van der Waals surface area contributed by atoms with Crippen molar-refractivity contribution in [3.05, 3.63) is 22.8 Å². The number of hydrogen-bond donors (Lipinski definition) is 0. The van der Waals surface area contributed by atoms with Gasteiger partial charge in [-0.15, -0.1) is 0 Å². The molecule has 0 saturated carbocycles. The highest BCUT2D eigenvalue weighted by Gasteiger charge is 2.17. The molecule has 0 aromatic heterocycles. The maximum Gasteiger partial charge on any atom is 0.322 e. The van der Waals surface area contributed by atoms with Gasteiger partial charge in [0.1, 0.15) is 17.2 Å². The zero-order chi connectivity index (χ0) is 13.0. The Hall–Kier alpha value is 1.16. The minimum Gasteiger partial charge on any atom is -0.490 e. The third kappa shape index (κ3) is 4.97. The lowest BCUT2D eigenvalue weighted by Crippen LogP contribution is -2.23. The molecule has 0 spiro atoms. The second-order valence-electron chi connectivity index (χ2n) is 3.00. The van der Waals surface area contributed by atoms with Crippen LogP contribution in [0.25, 0.3) is 0 Å². The second kappa shape index (κ2) is 7.68. The van der Waals surface area contributed by atoms with E-state index in [9.17, 15) is 4.79 Å². The molecule has 17 heavy (non-hydrogen) atoms.